The Bertz CT molecular complexity index is 955. The molecule has 2 bridgehead atoms. The number of carbonyl (C=O) groups is 3. The van der Waals surface area contributed by atoms with Crippen molar-refractivity contribution in [3.05, 3.63) is 35.9 Å². The number of aliphatic hydroxyl groups excluding tert-OH is 1. The molecule has 8 heteroatoms. The molecule has 1 spiro atoms. The first-order valence-electron chi connectivity index (χ1n) is 12.3. The summed E-state index contributed by atoms with van der Waals surface area (Å²) in [6, 6.07) is 8.12. The minimum atomic E-state index is -1.11. The molecule has 8 atom stereocenters. The average molecular weight is 472 g/mol. The molecule has 0 saturated carbocycles. The van der Waals surface area contributed by atoms with Crippen LogP contribution in [0.25, 0.3) is 0 Å². The van der Waals surface area contributed by atoms with Crippen LogP contribution in [-0.4, -0.2) is 64.7 Å². The fourth-order valence-corrected chi connectivity index (χ4v) is 6.58. The third-order valence-corrected chi connectivity index (χ3v) is 8.68. The van der Waals surface area contributed by atoms with Crippen LogP contribution < -0.4 is 10.6 Å². The first-order valence-corrected chi connectivity index (χ1v) is 12.3. The number of ether oxygens (including phenoxy) is 1. The molecule has 0 aromatic heterocycles. The number of aliphatic hydroxyl groups is 1. The number of benzene rings is 1. The van der Waals surface area contributed by atoms with Gasteiger partial charge in [-0.3, -0.25) is 14.4 Å². The molecule has 3 aliphatic heterocycles. The van der Waals surface area contributed by atoms with Crippen LogP contribution in [0.3, 0.4) is 0 Å². The van der Waals surface area contributed by atoms with Gasteiger partial charge in [0.25, 0.3) is 0 Å². The van der Waals surface area contributed by atoms with E-state index < -0.39 is 35.1 Å². The summed E-state index contributed by atoms with van der Waals surface area (Å²) in [6.45, 7) is 7.93. The quantitative estimate of drug-likeness (QED) is 0.532. The van der Waals surface area contributed by atoms with Crippen LogP contribution in [0.1, 0.15) is 46.1 Å². The lowest BCUT2D eigenvalue weighted by molar-refractivity contribution is -0.152. The number of fused-ring (bicyclic) bond motifs is 1. The zero-order chi connectivity index (χ0) is 24.8. The summed E-state index contributed by atoms with van der Waals surface area (Å²) in [5.74, 6) is -2.34. The Morgan fingerprint density at radius 2 is 1.94 bits per heavy atom. The molecular formula is C26H37N3O5. The molecule has 34 heavy (non-hydrogen) atoms. The van der Waals surface area contributed by atoms with E-state index in [1.807, 2.05) is 58.0 Å². The highest BCUT2D eigenvalue weighted by atomic mass is 16.5. The molecule has 3 unspecified atom stereocenters. The van der Waals surface area contributed by atoms with Crippen molar-refractivity contribution >= 4 is 17.7 Å². The molecule has 1 aromatic carbocycles. The molecule has 0 aliphatic carbocycles. The number of nitrogens with one attached hydrogen (secondary N) is 2. The number of likely N-dealkylation sites (tertiary alicyclic amines) is 1. The predicted octanol–water partition coefficient (Wildman–Crippen LogP) is 1.47. The standard InChI is InChI=1S/C26H37N3O5/c1-6-15(2)18(14-30)29-21(23(32)28-13-17-10-8-7-9-11-17)26-12-16(3)25(4,34-26)19(22(31)27-5)20(26)24(29)33/h7-11,15-16,18-21,30H,6,12-14H2,1-5H3,(H,27,31)(H,28,32)/t15-,16?,18-,19+,20-,21?,25-,26?/m0/s1. The second-order valence-corrected chi connectivity index (χ2v) is 10.4. The van der Waals surface area contributed by atoms with Gasteiger partial charge in [-0.05, 0) is 30.7 Å². The van der Waals surface area contributed by atoms with E-state index in [0.717, 1.165) is 12.0 Å². The van der Waals surface area contributed by atoms with Crippen LogP contribution in [0.15, 0.2) is 30.3 Å². The Labute approximate surface area is 201 Å². The smallest absolute Gasteiger partial charge is 0.246 e. The van der Waals surface area contributed by atoms with Crippen molar-refractivity contribution in [3.63, 3.8) is 0 Å². The maximum absolute atomic E-state index is 14.0. The van der Waals surface area contributed by atoms with Gasteiger partial charge in [-0.25, -0.2) is 0 Å². The molecule has 186 valence electrons. The molecule has 1 aromatic rings. The highest BCUT2D eigenvalue weighted by molar-refractivity contribution is 5.99. The molecule has 3 amide bonds. The fourth-order valence-electron chi connectivity index (χ4n) is 6.58. The van der Waals surface area contributed by atoms with Crippen molar-refractivity contribution in [2.24, 2.45) is 23.7 Å². The van der Waals surface area contributed by atoms with Gasteiger partial charge in [0.05, 0.1) is 30.1 Å². The topological polar surface area (TPSA) is 108 Å². The number of nitrogens with zero attached hydrogens (tertiary/aromatic N) is 1. The van der Waals surface area contributed by atoms with Gasteiger partial charge in [0.2, 0.25) is 17.7 Å². The van der Waals surface area contributed by atoms with E-state index in [4.69, 9.17) is 4.74 Å². The van der Waals surface area contributed by atoms with Crippen LogP contribution in [-0.2, 0) is 25.7 Å². The van der Waals surface area contributed by atoms with Gasteiger partial charge < -0.3 is 25.4 Å². The van der Waals surface area contributed by atoms with Crippen molar-refractivity contribution in [1.82, 2.24) is 15.5 Å². The van der Waals surface area contributed by atoms with Crippen LogP contribution in [0.4, 0.5) is 0 Å². The van der Waals surface area contributed by atoms with Crippen LogP contribution in [0, 0.1) is 23.7 Å². The third kappa shape index (κ3) is 3.45. The number of rotatable bonds is 8. The van der Waals surface area contributed by atoms with Gasteiger partial charge in [-0.1, -0.05) is 57.5 Å². The van der Waals surface area contributed by atoms with Gasteiger partial charge in [-0.15, -0.1) is 0 Å². The molecule has 3 N–H and O–H groups in total. The maximum atomic E-state index is 14.0. The third-order valence-electron chi connectivity index (χ3n) is 8.68. The van der Waals surface area contributed by atoms with Crippen molar-refractivity contribution < 1.29 is 24.2 Å². The van der Waals surface area contributed by atoms with E-state index in [-0.39, 0.29) is 36.2 Å². The molecule has 0 radical (unpaired) electrons. The highest BCUT2D eigenvalue weighted by Crippen LogP contribution is 2.65. The summed E-state index contributed by atoms with van der Waals surface area (Å²) in [4.78, 5) is 42.5. The Kier molecular flexibility index (Phi) is 6.50. The minimum absolute atomic E-state index is 0.0144. The number of amides is 3. The first-order chi connectivity index (χ1) is 16.2. The van der Waals surface area contributed by atoms with Crippen LogP contribution in [0.5, 0.6) is 0 Å². The molecular weight excluding hydrogens is 434 g/mol. The Morgan fingerprint density at radius 1 is 1.26 bits per heavy atom. The van der Waals surface area contributed by atoms with E-state index in [2.05, 4.69) is 10.6 Å². The molecule has 4 rings (SSSR count). The zero-order valence-corrected chi connectivity index (χ0v) is 20.7. The summed E-state index contributed by atoms with van der Waals surface area (Å²) in [6.07, 6.45) is 1.24. The lowest BCUT2D eigenvalue weighted by Gasteiger charge is -2.39. The normalized spacial score (nSPS) is 35.7. The van der Waals surface area contributed by atoms with Crippen molar-refractivity contribution in [2.75, 3.05) is 13.7 Å². The average Bonchev–Trinajstić information content (AvgIpc) is 3.35. The molecule has 3 heterocycles. The first kappa shape index (κ1) is 24.7. The summed E-state index contributed by atoms with van der Waals surface area (Å²) >= 11 is 0. The fraction of sp³-hybridized carbons (Fsp3) is 0.654. The predicted molar refractivity (Wildman–Crippen MR) is 126 cm³/mol. The van der Waals surface area contributed by atoms with E-state index in [9.17, 15) is 19.5 Å². The van der Waals surface area contributed by atoms with Crippen molar-refractivity contribution in [2.45, 2.75) is 70.4 Å². The Morgan fingerprint density at radius 3 is 2.53 bits per heavy atom. The van der Waals surface area contributed by atoms with E-state index in [1.54, 1.807) is 11.9 Å². The SMILES string of the molecule is CC[C@H](C)[C@H](CO)N1C(=O)[C@@H]2[C@H](C(=O)NC)[C@@]3(C)OC2(CC3C)C1C(=O)NCc1ccccc1. The van der Waals surface area contributed by atoms with Gasteiger partial charge in [0, 0.05) is 13.6 Å². The number of hydrogen-bond donors (Lipinski definition) is 3. The lowest BCUT2D eigenvalue weighted by atomic mass is 9.62. The second kappa shape index (κ2) is 8.96. The van der Waals surface area contributed by atoms with Crippen LogP contribution >= 0.6 is 0 Å². The van der Waals surface area contributed by atoms with E-state index >= 15 is 0 Å². The van der Waals surface area contributed by atoms with Gasteiger partial charge in [-0.2, -0.15) is 0 Å². The lowest BCUT2D eigenvalue weighted by Crippen LogP contribution is -2.59. The molecule has 3 aliphatic rings. The van der Waals surface area contributed by atoms with Crippen molar-refractivity contribution in [1.29, 1.82) is 0 Å². The summed E-state index contributed by atoms with van der Waals surface area (Å²) < 4.78 is 6.65. The minimum Gasteiger partial charge on any atom is -0.394 e. The highest BCUT2D eigenvalue weighted by Gasteiger charge is 2.80. The Balaban J connectivity index is 1.77. The monoisotopic (exact) mass is 471 g/mol. The van der Waals surface area contributed by atoms with E-state index in [0.29, 0.717) is 13.0 Å². The van der Waals surface area contributed by atoms with Crippen molar-refractivity contribution in [3.8, 4) is 0 Å². The molecule has 3 fully saturated rings. The Hall–Kier alpha value is -2.45. The molecule has 8 nitrogen and oxygen atoms in total. The van der Waals surface area contributed by atoms with Crippen LogP contribution in [0.2, 0.25) is 0 Å². The second-order valence-electron chi connectivity index (χ2n) is 10.4. The summed E-state index contributed by atoms with van der Waals surface area (Å²) in [5.41, 5.74) is -0.999. The summed E-state index contributed by atoms with van der Waals surface area (Å²) in [7, 11) is 1.56. The van der Waals surface area contributed by atoms with Gasteiger partial charge >= 0.3 is 0 Å². The maximum Gasteiger partial charge on any atom is 0.246 e. The largest absolute Gasteiger partial charge is 0.394 e. The van der Waals surface area contributed by atoms with E-state index in [1.165, 1.54) is 0 Å². The zero-order valence-electron chi connectivity index (χ0n) is 20.7. The summed E-state index contributed by atoms with van der Waals surface area (Å²) in [5, 5.41) is 16.0. The molecule has 3 saturated heterocycles. The number of carbonyl (C=O) groups excluding carboxylic acids is 3. The van der Waals surface area contributed by atoms with Gasteiger partial charge in [0.1, 0.15) is 11.6 Å². The number of hydrogen-bond acceptors (Lipinski definition) is 5. The van der Waals surface area contributed by atoms with Gasteiger partial charge in [0.15, 0.2) is 0 Å².